The molecule has 2 fully saturated rings. The second-order valence-corrected chi connectivity index (χ2v) is 6.19. The lowest BCUT2D eigenvalue weighted by Gasteiger charge is -2.50. The van der Waals surface area contributed by atoms with Crippen LogP contribution in [-0.4, -0.2) is 130 Å². The first-order chi connectivity index (χ1) is 12.3. The second-order valence-electron chi connectivity index (χ2n) is 6.19. The van der Waals surface area contributed by atoms with E-state index < -0.39 is 74.5 Å². The maximum Gasteiger partial charge on any atom is 0.186 e. The summed E-state index contributed by atoms with van der Waals surface area (Å²) in [6.07, 6.45) is -12.9. The summed E-state index contributed by atoms with van der Waals surface area (Å²) in [5.74, 6) is 0. The van der Waals surface area contributed by atoms with Crippen LogP contribution in [-0.2, 0) is 19.0 Å². The van der Waals surface area contributed by atoms with Crippen LogP contribution < -0.4 is 0 Å². The third-order valence-electron chi connectivity index (χ3n) is 4.70. The molecule has 12 nitrogen and oxygen atoms in total. The lowest BCUT2D eigenvalue weighted by molar-refractivity contribution is -0.377. The molecule has 154 valence electrons. The minimum absolute atomic E-state index is 0.592. The van der Waals surface area contributed by atoms with Crippen LogP contribution in [0.3, 0.4) is 0 Å². The predicted octanol–water partition coefficient (Wildman–Crippen LogP) is -4.90. The summed E-state index contributed by atoms with van der Waals surface area (Å²) >= 11 is 0. The Balaban J connectivity index is 2.30. The van der Waals surface area contributed by atoms with Gasteiger partial charge in [0.05, 0.1) is 26.4 Å². The van der Waals surface area contributed by atoms with Crippen molar-refractivity contribution < 1.29 is 54.8 Å². The van der Waals surface area contributed by atoms with E-state index in [1.54, 1.807) is 0 Å². The van der Waals surface area contributed by atoms with Gasteiger partial charge in [0.2, 0.25) is 0 Å². The van der Waals surface area contributed by atoms with Crippen molar-refractivity contribution in [2.75, 3.05) is 27.4 Å². The molecule has 0 aromatic rings. The van der Waals surface area contributed by atoms with Crippen LogP contribution in [0.1, 0.15) is 0 Å². The van der Waals surface area contributed by atoms with Gasteiger partial charge in [-0.3, -0.25) is 4.84 Å². The van der Waals surface area contributed by atoms with Crippen LogP contribution in [0.25, 0.3) is 0 Å². The third-order valence-corrected chi connectivity index (χ3v) is 4.70. The van der Waals surface area contributed by atoms with E-state index in [1.165, 1.54) is 14.2 Å². The zero-order valence-corrected chi connectivity index (χ0v) is 14.4. The Labute approximate surface area is 149 Å². The molecule has 2 saturated heterocycles. The molecule has 0 bridgehead atoms. The average Bonchev–Trinajstić information content (AvgIpc) is 2.65. The predicted molar refractivity (Wildman–Crippen MR) is 81.2 cm³/mol. The van der Waals surface area contributed by atoms with Crippen LogP contribution in [0.5, 0.6) is 0 Å². The van der Waals surface area contributed by atoms with E-state index in [-0.39, 0.29) is 0 Å². The molecule has 0 unspecified atom stereocenters. The zero-order chi connectivity index (χ0) is 19.6. The van der Waals surface area contributed by atoms with Gasteiger partial charge >= 0.3 is 0 Å². The van der Waals surface area contributed by atoms with Gasteiger partial charge in [-0.05, 0) is 0 Å². The number of aliphatic hydroxyl groups is 7. The van der Waals surface area contributed by atoms with Crippen LogP contribution in [0.4, 0.5) is 0 Å². The van der Waals surface area contributed by atoms with Crippen molar-refractivity contribution in [1.29, 1.82) is 0 Å². The number of hydrogen-bond donors (Lipinski definition) is 7. The Morgan fingerprint density at radius 1 is 0.769 bits per heavy atom. The number of hydrogen-bond acceptors (Lipinski definition) is 12. The lowest BCUT2D eigenvalue weighted by atomic mass is 9.93. The minimum atomic E-state index is -1.68. The first-order valence-electron chi connectivity index (χ1n) is 8.10. The van der Waals surface area contributed by atoms with Crippen LogP contribution in [0.2, 0.25) is 0 Å². The van der Waals surface area contributed by atoms with Gasteiger partial charge in [0, 0.05) is 7.11 Å². The highest BCUT2D eigenvalue weighted by atomic mass is 16.7. The van der Waals surface area contributed by atoms with Crippen molar-refractivity contribution >= 4 is 0 Å². The molecule has 7 N–H and O–H groups in total. The van der Waals surface area contributed by atoms with Crippen molar-refractivity contribution in [3.05, 3.63) is 0 Å². The van der Waals surface area contributed by atoms with Gasteiger partial charge < -0.3 is 50.0 Å². The fraction of sp³-hybridized carbons (Fsp3) is 1.00. The van der Waals surface area contributed by atoms with Crippen LogP contribution in [0, 0.1) is 0 Å². The van der Waals surface area contributed by atoms with Crippen LogP contribution >= 0.6 is 0 Å². The second kappa shape index (κ2) is 9.14. The molecule has 0 aliphatic carbocycles. The first-order valence-corrected chi connectivity index (χ1v) is 8.10. The first kappa shape index (κ1) is 21.8. The smallest absolute Gasteiger partial charge is 0.186 e. The monoisotopic (exact) mass is 385 g/mol. The fourth-order valence-corrected chi connectivity index (χ4v) is 3.26. The zero-order valence-electron chi connectivity index (χ0n) is 14.4. The molecule has 0 aromatic heterocycles. The van der Waals surface area contributed by atoms with Gasteiger partial charge in [0.15, 0.2) is 12.5 Å². The summed E-state index contributed by atoms with van der Waals surface area (Å²) in [6.45, 7) is -1.24. The molecule has 12 heteroatoms. The maximum atomic E-state index is 10.5. The molecule has 0 radical (unpaired) electrons. The largest absolute Gasteiger partial charge is 0.394 e. The number of nitrogens with zero attached hydrogens (tertiary/aromatic N) is 1. The number of methoxy groups -OCH3 is 1. The summed E-state index contributed by atoms with van der Waals surface area (Å²) in [5, 5.41) is 70.5. The van der Waals surface area contributed by atoms with E-state index in [1.807, 2.05) is 0 Å². The highest BCUT2D eigenvalue weighted by Crippen LogP contribution is 2.31. The minimum Gasteiger partial charge on any atom is -0.394 e. The summed E-state index contributed by atoms with van der Waals surface area (Å²) in [5.41, 5.74) is 0. The third kappa shape index (κ3) is 3.87. The SMILES string of the molecule is CO[C@H]1O[C@H](CO)[C@@H](N(OC)[C@@H]2O[C@H](CO)[C@H](O)[C@H](O)[C@H]2O)[C@H](O)[C@H]1O. The highest BCUT2D eigenvalue weighted by Gasteiger charge is 2.54. The molecule has 0 spiro atoms. The maximum absolute atomic E-state index is 10.5. The molecule has 10 atom stereocenters. The Hall–Kier alpha value is -0.480. The molecule has 0 saturated carbocycles. The van der Waals surface area contributed by atoms with Gasteiger partial charge in [-0.25, -0.2) is 0 Å². The van der Waals surface area contributed by atoms with Crippen molar-refractivity contribution in [3.8, 4) is 0 Å². The standard InChI is InChI=1S/C14H27NO11/c1-23-14-12(22)9(19)7(5(3-16)26-14)15(24-2)13-11(21)10(20)8(18)6(4-17)25-13/h5-14,16-22H,3-4H2,1-2H3/t5-,6-,7-,8+,9+,10+,11-,12-,13-,14+/m1/s1. The van der Waals surface area contributed by atoms with Crippen molar-refractivity contribution in [2.24, 2.45) is 0 Å². The number of hydroxylamine groups is 2. The average molecular weight is 385 g/mol. The molecule has 0 aromatic carbocycles. The van der Waals surface area contributed by atoms with Crippen LogP contribution in [0.15, 0.2) is 0 Å². The quantitative estimate of drug-likeness (QED) is 0.217. The number of rotatable bonds is 6. The Kier molecular flexibility index (Phi) is 7.67. The fourth-order valence-electron chi connectivity index (χ4n) is 3.26. The molecule has 2 aliphatic heterocycles. The molecular formula is C14H27NO11. The highest BCUT2D eigenvalue weighted by molar-refractivity contribution is 4.98. The Morgan fingerprint density at radius 2 is 1.38 bits per heavy atom. The van der Waals surface area contributed by atoms with Gasteiger partial charge in [0.1, 0.15) is 42.7 Å². The normalized spacial score (nSPS) is 47.3. The van der Waals surface area contributed by atoms with E-state index in [2.05, 4.69) is 0 Å². The van der Waals surface area contributed by atoms with Gasteiger partial charge in [-0.15, -0.1) is 5.06 Å². The summed E-state index contributed by atoms with van der Waals surface area (Å²) in [6, 6.07) is -1.23. The summed E-state index contributed by atoms with van der Waals surface area (Å²) < 4.78 is 15.7. The Morgan fingerprint density at radius 3 is 1.88 bits per heavy atom. The van der Waals surface area contributed by atoms with E-state index in [0.717, 1.165) is 5.06 Å². The van der Waals surface area contributed by atoms with Gasteiger partial charge in [-0.2, -0.15) is 0 Å². The van der Waals surface area contributed by atoms with Crippen molar-refractivity contribution in [1.82, 2.24) is 5.06 Å². The van der Waals surface area contributed by atoms with E-state index in [0.29, 0.717) is 0 Å². The summed E-state index contributed by atoms with van der Waals surface area (Å²) in [7, 11) is 2.43. The van der Waals surface area contributed by atoms with Gasteiger partial charge in [-0.1, -0.05) is 0 Å². The lowest BCUT2D eigenvalue weighted by Crippen LogP contribution is -2.70. The molecular weight excluding hydrogens is 358 g/mol. The van der Waals surface area contributed by atoms with E-state index >= 15 is 0 Å². The summed E-state index contributed by atoms with van der Waals surface area (Å²) in [4.78, 5) is 5.17. The van der Waals surface area contributed by atoms with E-state index in [9.17, 15) is 35.7 Å². The molecule has 2 aliphatic rings. The number of ether oxygens (including phenoxy) is 3. The molecule has 2 rings (SSSR count). The number of aliphatic hydroxyl groups excluding tert-OH is 7. The topological polar surface area (TPSA) is 182 Å². The molecule has 2 heterocycles. The van der Waals surface area contributed by atoms with Crippen molar-refractivity contribution in [2.45, 2.75) is 61.3 Å². The Bertz CT molecular complexity index is 439. The molecule has 26 heavy (non-hydrogen) atoms. The van der Waals surface area contributed by atoms with Gasteiger partial charge in [0.25, 0.3) is 0 Å². The molecule has 0 amide bonds. The van der Waals surface area contributed by atoms with Crippen molar-refractivity contribution in [3.63, 3.8) is 0 Å². The van der Waals surface area contributed by atoms with E-state index in [4.69, 9.17) is 19.0 Å².